The Bertz CT molecular complexity index is 579. The topological polar surface area (TPSA) is 51.0 Å². The van der Waals surface area contributed by atoms with Crippen LogP contribution in [0.4, 0.5) is 5.82 Å². The number of pyridine rings is 1. The van der Waals surface area contributed by atoms with Gasteiger partial charge in [0.15, 0.2) is 0 Å². The van der Waals surface area contributed by atoms with E-state index in [2.05, 4.69) is 9.97 Å². The highest BCUT2D eigenvalue weighted by Gasteiger charge is 2.14. The Morgan fingerprint density at radius 1 is 1.33 bits per heavy atom. The van der Waals surface area contributed by atoms with Crippen LogP contribution in [0.5, 0.6) is 0 Å². The second kappa shape index (κ2) is 5.00. The Hall–Kier alpha value is -2.17. The van der Waals surface area contributed by atoms with Crippen LogP contribution in [0.15, 0.2) is 41.6 Å². The molecule has 1 atom stereocenters. The second-order valence-electron chi connectivity index (χ2n) is 4.24. The summed E-state index contributed by atoms with van der Waals surface area (Å²) >= 11 is 0. The molecule has 2 heterocycles. The molecule has 0 radical (unpaired) electrons. The summed E-state index contributed by atoms with van der Waals surface area (Å²) in [5.41, 5.74) is 0.877. The van der Waals surface area contributed by atoms with Crippen molar-refractivity contribution < 1.29 is 0 Å². The molecule has 0 aliphatic heterocycles. The van der Waals surface area contributed by atoms with Crippen molar-refractivity contribution in [3.63, 3.8) is 0 Å². The van der Waals surface area contributed by atoms with E-state index in [4.69, 9.17) is 0 Å². The highest BCUT2D eigenvalue weighted by molar-refractivity contribution is 5.38. The maximum Gasteiger partial charge on any atom is 0.255 e. The first-order valence-corrected chi connectivity index (χ1v) is 5.76. The zero-order valence-corrected chi connectivity index (χ0v) is 10.7. The van der Waals surface area contributed by atoms with Crippen LogP contribution in [0.2, 0.25) is 0 Å². The first-order valence-electron chi connectivity index (χ1n) is 5.76. The van der Waals surface area contributed by atoms with Crippen molar-refractivity contribution in [2.45, 2.75) is 13.0 Å². The van der Waals surface area contributed by atoms with Crippen LogP contribution in [0.1, 0.15) is 18.7 Å². The van der Waals surface area contributed by atoms with E-state index in [9.17, 15) is 4.79 Å². The second-order valence-corrected chi connectivity index (χ2v) is 4.24. The van der Waals surface area contributed by atoms with Crippen molar-refractivity contribution in [2.24, 2.45) is 7.05 Å². The summed E-state index contributed by atoms with van der Waals surface area (Å²) in [6.07, 6.45) is 3.29. The minimum atomic E-state index is -0.0694. The molecule has 0 saturated carbocycles. The van der Waals surface area contributed by atoms with Gasteiger partial charge in [-0.15, -0.1) is 0 Å². The van der Waals surface area contributed by atoms with Crippen molar-refractivity contribution in [3.05, 3.63) is 52.8 Å². The molecule has 94 valence electrons. The lowest BCUT2D eigenvalue weighted by Gasteiger charge is -2.25. The van der Waals surface area contributed by atoms with Gasteiger partial charge in [-0.3, -0.25) is 9.78 Å². The first kappa shape index (κ1) is 12.3. The fourth-order valence-corrected chi connectivity index (χ4v) is 1.66. The van der Waals surface area contributed by atoms with Crippen molar-refractivity contribution >= 4 is 5.82 Å². The molecular formula is C13H16N4O. The number of nitrogens with zero attached hydrogens (tertiary/aromatic N) is 4. The highest BCUT2D eigenvalue weighted by atomic mass is 16.1. The predicted octanol–water partition coefficient (Wildman–Crippen LogP) is 1.37. The molecule has 0 saturated heterocycles. The molecule has 0 fully saturated rings. The van der Waals surface area contributed by atoms with E-state index < -0.39 is 0 Å². The summed E-state index contributed by atoms with van der Waals surface area (Å²) in [5.74, 6) is 0.649. The molecule has 5 nitrogen and oxygen atoms in total. The van der Waals surface area contributed by atoms with E-state index >= 15 is 0 Å². The van der Waals surface area contributed by atoms with Crippen LogP contribution in [0.25, 0.3) is 0 Å². The number of rotatable bonds is 3. The van der Waals surface area contributed by atoms with Crippen molar-refractivity contribution in [2.75, 3.05) is 11.9 Å². The monoisotopic (exact) mass is 244 g/mol. The van der Waals surface area contributed by atoms with Gasteiger partial charge in [-0.2, -0.15) is 0 Å². The number of anilines is 1. The molecule has 0 unspecified atom stereocenters. The third-order valence-electron chi connectivity index (χ3n) is 3.02. The quantitative estimate of drug-likeness (QED) is 0.818. The van der Waals surface area contributed by atoms with Crippen LogP contribution >= 0.6 is 0 Å². The third kappa shape index (κ3) is 2.40. The van der Waals surface area contributed by atoms with E-state index in [0.29, 0.717) is 5.82 Å². The van der Waals surface area contributed by atoms with Gasteiger partial charge in [-0.05, 0) is 19.1 Å². The summed E-state index contributed by atoms with van der Waals surface area (Å²) in [6, 6.07) is 7.38. The number of aromatic nitrogens is 3. The molecule has 0 bridgehead atoms. The molecule has 18 heavy (non-hydrogen) atoms. The fourth-order valence-electron chi connectivity index (χ4n) is 1.66. The summed E-state index contributed by atoms with van der Waals surface area (Å²) in [7, 11) is 3.59. The average Bonchev–Trinajstić information content (AvgIpc) is 2.41. The highest BCUT2D eigenvalue weighted by Crippen LogP contribution is 2.20. The summed E-state index contributed by atoms with van der Waals surface area (Å²) < 4.78 is 1.45. The van der Waals surface area contributed by atoms with Crippen molar-refractivity contribution in [1.82, 2.24) is 14.5 Å². The molecular weight excluding hydrogens is 228 g/mol. The summed E-state index contributed by atoms with van der Waals surface area (Å²) in [4.78, 5) is 22.1. The van der Waals surface area contributed by atoms with Gasteiger partial charge < -0.3 is 9.47 Å². The molecule has 0 N–H and O–H groups in total. The van der Waals surface area contributed by atoms with Crippen LogP contribution in [0.3, 0.4) is 0 Å². The van der Waals surface area contributed by atoms with Crippen LogP contribution in [-0.4, -0.2) is 21.6 Å². The van der Waals surface area contributed by atoms with Gasteiger partial charge in [0, 0.05) is 26.4 Å². The van der Waals surface area contributed by atoms with Crippen molar-refractivity contribution in [1.29, 1.82) is 0 Å². The zero-order valence-electron chi connectivity index (χ0n) is 10.7. The lowest BCUT2D eigenvalue weighted by atomic mass is 10.2. The third-order valence-corrected chi connectivity index (χ3v) is 3.02. The number of hydrogen-bond acceptors (Lipinski definition) is 4. The first-order chi connectivity index (χ1) is 8.59. The minimum absolute atomic E-state index is 0.0609. The van der Waals surface area contributed by atoms with E-state index in [-0.39, 0.29) is 11.6 Å². The van der Waals surface area contributed by atoms with Gasteiger partial charge >= 0.3 is 0 Å². The Morgan fingerprint density at radius 2 is 2.11 bits per heavy atom. The van der Waals surface area contributed by atoms with Crippen molar-refractivity contribution in [3.8, 4) is 0 Å². The van der Waals surface area contributed by atoms with Crippen LogP contribution in [0, 0.1) is 0 Å². The fraction of sp³-hybridized carbons (Fsp3) is 0.308. The molecule has 5 heteroatoms. The summed E-state index contributed by atoms with van der Waals surface area (Å²) in [5, 5.41) is 0. The van der Waals surface area contributed by atoms with Gasteiger partial charge in [0.25, 0.3) is 5.56 Å². The smallest absolute Gasteiger partial charge is 0.255 e. The van der Waals surface area contributed by atoms with Crippen LogP contribution < -0.4 is 10.5 Å². The SMILES string of the molecule is C[C@@H](c1ccccn1)N(C)c1cc(=O)n(C)cn1. The molecule has 0 spiro atoms. The van der Waals surface area contributed by atoms with Gasteiger partial charge in [0.05, 0.1) is 18.1 Å². The maximum atomic E-state index is 11.6. The van der Waals surface area contributed by atoms with E-state index in [1.807, 2.05) is 37.1 Å². The summed E-state index contributed by atoms with van der Waals surface area (Å²) in [6.45, 7) is 2.03. The molecule has 2 aromatic heterocycles. The minimum Gasteiger partial charge on any atom is -0.351 e. The van der Waals surface area contributed by atoms with Gasteiger partial charge in [0.2, 0.25) is 0 Å². The van der Waals surface area contributed by atoms with E-state index in [0.717, 1.165) is 5.69 Å². The molecule has 2 rings (SSSR count). The Morgan fingerprint density at radius 3 is 2.72 bits per heavy atom. The number of aryl methyl sites for hydroxylation is 1. The molecule has 2 aromatic rings. The lowest BCUT2D eigenvalue weighted by Crippen LogP contribution is -2.26. The lowest BCUT2D eigenvalue weighted by molar-refractivity contribution is 0.696. The largest absolute Gasteiger partial charge is 0.351 e. The Balaban J connectivity index is 2.28. The molecule has 0 aliphatic carbocycles. The molecule has 0 aliphatic rings. The molecule has 0 amide bonds. The van der Waals surface area contributed by atoms with E-state index in [1.165, 1.54) is 17.0 Å². The zero-order chi connectivity index (χ0) is 13.1. The van der Waals surface area contributed by atoms with Gasteiger partial charge in [0.1, 0.15) is 5.82 Å². The number of hydrogen-bond donors (Lipinski definition) is 0. The van der Waals surface area contributed by atoms with Gasteiger partial charge in [-0.1, -0.05) is 6.07 Å². The molecule has 0 aromatic carbocycles. The Kier molecular flexibility index (Phi) is 3.41. The maximum absolute atomic E-state index is 11.6. The van der Waals surface area contributed by atoms with Crippen LogP contribution in [-0.2, 0) is 7.05 Å². The Labute approximate surface area is 106 Å². The van der Waals surface area contributed by atoms with E-state index in [1.54, 1.807) is 13.2 Å². The normalized spacial score (nSPS) is 12.2. The standard InChI is InChI=1S/C13H16N4O/c1-10(11-6-4-5-7-14-11)17(3)12-8-13(18)16(2)9-15-12/h4-10H,1-3H3/t10-/m0/s1. The average molecular weight is 244 g/mol. The van der Waals surface area contributed by atoms with Gasteiger partial charge in [-0.25, -0.2) is 4.98 Å². The predicted molar refractivity (Wildman–Crippen MR) is 70.5 cm³/mol.